The number of benzene rings is 1. The maximum Gasteiger partial charge on any atom is 0.279 e. The van der Waals surface area contributed by atoms with Crippen LogP contribution in [-0.4, -0.2) is 22.9 Å². The predicted molar refractivity (Wildman–Crippen MR) is 74.4 cm³/mol. The van der Waals surface area contributed by atoms with E-state index in [1.54, 1.807) is 12.1 Å². The molecule has 1 unspecified atom stereocenters. The minimum absolute atomic E-state index is 0.381. The topological polar surface area (TPSA) is 80.3 Å². The van der Waals surface area contributed by atoms with Gasteiger partial charge in [-0.05, 0) is 23.8 Å². The summed E-state index contributed by atoms with van der Waals surface area (Å²) in [4.78, 5) is 27.6. The number of carbonyl (C=O) groups excluding carboxylic acids is 2. The number of aromatic nitrogens is 1. The quantitative estimate of drug-likeness (QED) is 0.801. The maximum atomic E-state index is 12.0. The van der Waals surface area contributed by atoms with Gasteiger partial charge < -0.3 is 4.74 Å². The molecule has 0 spiro atoms. The molecule has 0 fully saturated rings. The predicted octanol–water partition coefficient (Wildman–Crippen LogP) is 0.846. The highest BCUT2D eigenvalue weighted by molar-refractivity contribution is 5.95. The molecule has 1 atom stereocenters. The standard InChI is InChI=1S/C15H13N3O3/c19-14(10-5-7-16-8-6-10)17-18-15(20)13-9-11-3-1-2-4-12(11)21-13/h1-8,13H,9H2,(H,17,19)(H,18,20). The summed E-state index contributed by atoms with van der Waals surface area (Å²) in [5, 5.41) is 0. The van der Waals surface area contributed by atoms with E-state index in [0.29, 0.717) is 17.7 Å². The average Bonchev–Trinajstić information content (AvgIpc) is 2.97. The van der Waals surface area contributed by atoms with Crippen molar-refractivity contribution in [3.8, 4) is 5.75 Å². The molecule has 6 heteroatoms. The second-order valence-electron chi connectivity index (χ2n) is 4.60. The summed E-state index contributed by atoms with van der Waals surface area (Å²) in [6.45, 7) is 0. The number of pyridine rings is 1. The second-order valence-corrected chi connectivity index (χ2v) is 4.60. The van der Waals surface area contributed by atoms with Gasteiger partial charge in [0.25, 0.3) is 11.8 Å². The fourth-order valence-electron chi connectivity index (χ4n) is 2.10. The van der Waals surface area contributed by atoms with E-state index >= 15 is 0 Å². The Hall–Kier alpha value is -2.89. The smallest absolute Gasteiger partial charge is 0.279 e. The molecule has 2 N–H and O–H groups in total. The summed E-state index contributed by atoms with van der Waals surface area (Å²) >= 11 is 0. The number of carbonyl (C=O) groups is 2. The highest BCUT2D eigenvalue weighted by Crippen LogP contribution is 2.27. The first-order valence-electron chi connectivity index (χ1n) is 6.49. The zero-order valence-electron chi connectivity index (χ0n) is 11.1. The van der Waals surface area contributed by atoms with E-state index in [-0.39, 0.29) is 5.91 Å². The number of ether oxygens (including phenoxy) is 1. The van der Waals surface area contributed by atoms with Gasteiger partial charge in [0.15, 0.2) is 6.10 Å². The van der Waals surface area contributed by atoms with Gasteiger partial charge in [0, 0.05) is 24.4 Å². The van der Waals surface area contributed by atoms with Crippen LogP contribution in [0.15, 0.2) is 48.8 Å². The summed E-state index contributed by atoms with van der Waals surface area (Å²) in [6, 6.07) is 10.6. The van der Waals surface area contributed by atoms with E-state index in [0.717, 1.165) is 5.56 Å². The Balaban J connectivity index is 1.55. The molecule has 1 aromatic carbocycles. The van der Waals surface area contributed by atoms with Crippen LogP contribution in [0.4, 0.5) is 0 Å². The van der Waals surface area contributed by atoms with Crippen LogP contribution >= 0.6 is 0 Å². The summed E-state index contributed by atoms with van der Waals surface area (Å²) in [7, 11) is 0. The molecule has 1 aliphatic heterocycles. The third-order valence-corrected chi connectivity index (χ3v) is 3.18. The Labute approximate surface area is 121 Å². The van der Waals surface area contributed by atoms with Crippen LogP contribution in [0, 0.1) is 0 Å². The van der Waals surface area contributed by atoms with Gasteiger partial charge in [-0.25, -0.2) is 0 Å². The first-order chi connectivity index (χ1) is 10.2. The van der Waals surface area contributed by atoms with Crippen molar-refractivity contribution in [3.63, 3.8) is 0 Å². The van der Waals surface area contributed by atoms with Crippen LogP contribution < -0.4 is 15.6 Å². The minimum atomic E-state index is -0.625. The zero-order valence-corrected chi connectivity index (χ0v) is 11.1. The van der Waals surface area contributed by atoms with Crippen molar-refractivity contribution in [2.75, 3.05) is 0 Å². The van der Waals surface area contributed by atoms with Gasteiger partial charge >= 0.3 is 0 Å². The molecule has 0 radical (unpaired) electrons. The summed E-state index contributed by atoms with van der Waals surface area (Å²) in [5.74, 6) is -0.0759. The Bertz CT molecular complexity index is 648. The second kappa shape index (κ2) is 5.62. The molecular formula is C15H13N3O3. The monoisotopic (exact) mass is 283 g/mol. The third kappa shape index (κ3) is 2.84. The zero-order chi connectivity index (χ0) is 14.7. The minimum Gasteiger partial charge on any atom is -0.480 e. The molecule has 0 aliphatic carbocycles. The number of hydrazine groups is 1. The fourth-order valence-corrected chi connectivity index (χ4v) is 2.10. The van der Waals surface area contributed by atoms with Crippen molar-refractivity contribution in [1.82, 2.24) is 15.8 Å². The number of hydrogen-bond donors (Lipinski definition) is 2. The molecule has 0 saturated heterocycles. The molecule has 21 heavy (non-hydrogen) atoms. The Kier molecular flexibility index (Phi) is 3.51. The Morgan fingerprint density at radius 3 is 2.62 bits per heavy atom. The number of fused-ring (bicyclic) bond motifs is 1. The molecule has 6 nitrogen and oxygen atoms in total. The first kappa shape index (κ1) is 13.1. The fraction of sp³-hybridized carbons (Fsp3) is 0.133. The Morgan fingerprint density at radius 1 is 1.10 bits per heavy atom. The van der Waals surface area contributed by atoms with Crippen molar-refractivity contribution >= 4 is 11.8 Å². The van der Waals surface area contributed by atoms with Crippen molar-refractivity contribution in [1.29, 1.82) is 0 Å². The van der Waals surface area contributed by atoms with E-state index in [4.69, 9.17) is 4.74 Å². The molecule has 1 aliphatic rings. The number of para-hydroxylation sites is 1. The van der Waals surface area contributed by atoms with Crippen molar-refractivity contribution in [2.24, 2.45) is 0 Å². The van der Waals surface area contributed by atoms with Crippen molar-refractivity contribution < 1.29 is 14.3 Å². The van der Waals surface area contributed by atoms with E-state index < -0.39 is 12.0 Å². The molecule has 0 bridgehead atoms. The first-order valence-corrected chi connectivity index (χ1v) is 6.49. The van der Waals surface area contributed by atoms with Gasteiger partial charge in [-0.3, -0.25) is 25.4 Å². The van der Waals surface area contributed by atoms with E-state index in [1.165, 1.54) is 12.4 Å². The SMILES string of the molecule is O=C(NNC(=O)C1Cc2ccccc2O1)c1ccncc1. The lowest BCUT2D eigenvalue weighted by atomic mass is 10.1. The Morgan fingerprint density at radius 2 is 1.86 bits per heavy atom. The number of amides is 2. The van der Waals surface area contributed by atoms with Gasteiger partial charge in [-0.1, -0.05) is 18.2 Å². The number of hydrogen-bond acceptors (Lipinski definition) is 4. The van der Waals surface area contributed by atoms with Gasteiger partial charge in [0.05, 0.1) is 0 Å². The number of nitrogens with one attached hydrogen (secondary N) is 2. The van der Waals surface area contributed by atoms with Crippen LogP contribution in [0.3, 0.4) is 0 Å². The molecule has 2 amide bonds. The number of nitrogens with zero attached hydrogens (tertiary/aromatic N) is 1. The summed E-state index contributed by atoms with van der Waals surface area (Å²) in [5.41, 5.74) is 6.13. The van der Waals surface area contributed by atoms with E-state index in [9.17, 15) is 9.59 Å². The molecular weight excluding hydrogens is 270 g/mol. The summed E-state index contributed by atoms with van der Waals surface area (Å²) < 4.78 is 5.53. The highest BCUT2D eigenvalue weighted by atomic mass is 16.5. The van der Waals surface area contributed by atoms with Crippen molar-refractivity contribution in [3.05, 3.63) is 59.9 Å². The third-order valence-electron chi connectivity index (χ3n) is 3.18. The van der Waals surface area contributed by atoms with Gasteiger partial charge in [-0.2, -0.15) is 0 Å². The van der Waals surface area contributed by atoms with E-state index in [1.807, 2.05) is 24.3 Å². The van der Waals surface area contributed by atoms with E-state index in [2.05, 4.69) is 15.8 Å². The summed E-state index contributed by atoms with van der Waals surface area (Å²) in [6.07, 6.45) is 2.88. The molecule has 1 aromatic heterocycles. The molecule has 2 aromatic rings. The highest BCUT2D eigenvalue weighted by Gasteiger charge is 2.28. The van der Waals surface area contributed by atoms with Crippen LogP contribution in [0.5, 0.6) is 5.75 Å². The van der Waals surface area contributed by atoms with Crippen LogP contribution in [0.2, 0.25) is 0 Å². The molecule has 0 saturated carbocycles. The molecule has 3 rings (SSSR count). The van der Waals surface area contributed by atoms with Gasteiger partial charge in [-0.15, -0.1) is 0 Å². The lowest BCUT2D eigenvalue weighted by Gasteiger charge is -2.12. The van der Waals surface area contributed by atoms with Crippen molar-refractivity contribution in [2.45, 2.75) is 12.5 Å². The number of rotatable bonds is 2. The van der Waals surface area contributed by atoms with Crippen LogP contribution in [0.25, 0.3) is 0 Å². The lowest BCUT2D eigenvalue weighted by molar-refractivity contribution is -0.128. The molecule has 106 valence electrons. The lowest BCUT2D eigenvalue weighted by Crippen LogP contribution is -2.47. The normalized spacial score (nSPS) is 15.7. The largest absolute Gasteiger partial charge is 0.480 e. The van der Waals surface area contributed by atoms with Gasteiger partial charge in [0.2, 0.25) is 0 Å². The van der Waals surface area contributed by atoms with Crippen LogP contribution in [-0.2, 0) is 11.2 Å². The van der Waals surface area contributed by atoms with Crippen LogP contribution in [0.1, 0.15) is 15.9 Å². The molecule has 2 heterocycles. The maximum absolute atomic E-state index is 12.0. The average molecular weight is 283 g/mol. The van der Waals surface area contributed by atoms with Gasteiger partial charge in [0.1, 0.15) is 5.75 Å².